The maximum Gasteiger partial charge on any atom is 0.102 e. The fraction of sp³-hybridized carbons (Fsp3) is 0.857. The van der Waals surface area contributed by atoms with Crippen LogP contribution in [0.3, 0.4) is 0 Å². The van der Waals surface area contributed by atoms with Crippen molar-refractivity contribution in [3.8, 4) is 6.07 Å². The van der Waals surface area contributed by atoms with Crippen LogP contribution in [0.1, 0.15) is 97.5 Å². The zero-order valence-corrected chi connectivity index (χ0v) is 21.1. The van der Waals surface area contributed by atoms with Crippen LogP contribution < -0.4 is 0 Å². The second-order valence-electron chi connectivity index (χ2n) is 13.1. The molecule has 1 heterocycles. The number of hydrogen-bond acceptors (Lipinski definition) is 4. The summed E-state index contributed by atoms with van der Waals surface area (Å²) in [6.07, 6.45) is 15.0. The lowest BCUT2D eigenvalue weighted by Crippen LogP contribution is -2.62. The van der Waals surface area contributed by atoms with Gasteiger partial charge in [0.1, 0.15) is 6.07 Å². The molecule has 0 aliphatic heterocycles. The first-order valence-electron chi connectivity index (χ1n) is 13.4. The van der Waals surface area contributed by atoms with Crippen molar-refractivity contribution in [2.75, 3.05) is 0 Å². The Hall–Kier alpha value is -1.38. The van der Waals surface area contributed by atoms with E-state index in [0.29, 0.717) is 46.6 Å². The number of nitriles is 1. The molecule has 4 saturated carbocycles. The highest BCUT2D eigenvalue weighted by molar-refractivity contribution is 5.22. The largest absolute Gasteiger partial charge is 0.390 e. The lowest BCUT2D eigenvalue weighted by molar-refractivity contribution is -0.206. The molecule has 4 aliphatic rings. The Morgan fingerprint density at radius 2 is 2.00 bits per heavy atom. The minimum Gasteiger partial charge on any atom is -0.390 e. The zero-order valence-electron chi connectivity index (χ0n) is 21.1. The maximum atomic E-state index is 12.1. The van der Waals surface area contributed by atoms with Crippen LogP contribution in [-0.4, -0.2) is 31.2 Å². The van der Waals surface area contributed by atoms with Crippen molar-refractivity contribution in [3.63, 3.8) is 0 Å². The summed E-state index contributed by atoms with van der Waals surface area (Å²) in [5.74, 6) is 2.51. The van der Waals surface area contributed by atoms with E-state index in [1.807, 2.05) is 13.8 Å². The van der Waals surface area contributed by atoms with Gasteiger partial charge in [0.25, 0.3) is 0 Å². The summed E-state index contributed by atoms with van der Waals surface area (Å²) in [6, 6.07) is 2.16. The molecule has 5 heteroatoms. The van der Waals surface area contributed by atoms with E-state index in [0.717, 1.165) is 25.7 Å². The third-order valence-electron chi connectivity index (χ3n) is 11.2. The molecule has 0 radical (unpaired) electrons. The monoisotopic (exact) mass is 453 g/mol. The average molecular weight is 454 g/mol. The Morgan fingerprint density at radius 1 is 1.21 bits per heavy atom. The molecule has 0 aromatic carbocycles. The first kappa shape index (κ1) is 23.4. The van der Waals surface area contributed by atoms with Crippen molar-refractivity contribution in [2.24, 2.45) is 40.4 Å². The third-order valence-corrected chi connectivity index (χ3v) is 11.2. The second-order valence-corrected chi connectivity index (χ2v) is 13.1. The van der Waals surface area contributed by atoms with Gasteiger partial charge in [-0.1, -0.05) is 20.3 Å². The lowest BCUT2D eigenvalue weighted by atomic mass is 9.40. The molecule has 1 aromatic heterocycles. The van der Waals surface area contributed by atoms with E-state index < -0.39 is 11.2 Å². The van der Waals surface area contributed by atoms with E-state index in [4.69, 9.17) is 0 Å². The summed E-state index contributed by atoms with van der Waals surface area (Å²) in [5, 5.41) is 36.8. The summed E-state index contributed by atoms with van der Waals surface area (Å²) < 4.78 is 1.77. The van der Waals surface area contributed by atoms with Crippen LogP contribution >= 0.6 is 0 Å². The SMILES string of the molecule is CC[C@]12CC[C@@](C)(O)C[C@H]1CC([C@@](C)(O)Cn1cc(C#N)cn1)[C@H]1[C@@H]3CCC[C@@]3(C)CC[C@@H]12. The Bertz CT molecular complexity index is 930. The van der Waals surface area contributed by atoms with Crippen LogP contribution in [0.25, 0.3) is 0 Å². The molecule has 0 spiro atoms. The van der Waals surface area contributed by atoms with Crippen molar-refractivity contribution in [1.29, 1.82) is 5.26 Å². The molecule has 4 aliphatic carbocycles. The fourth-order valence-corrected chi connectivity index (χ4v) is 9.58. The number of aliphatic hydroxyl groups is 2. The summed E-state index contributed by atoms with van der Waals surface area (Å²) >= 11 is 0. The van der Waals surface area contributed by atoms with Gasteiger partial charge in [-0.05, 0) is 112 Å². The van der Waals surface area contributed by atoms with Gasteiger partial charge in [0.15, 0.2) is 0 Å². The zero-order chi connectivity index (χ0) is 23.6. The molecule has 0 saturated heterocycles. The first-order chi connectivity index (χ1) is 15.5. The average Bonchev–Trinajstić information content (AvgIpc) is 3.37. The number of aromatic nitrogens is 2. The molecule has 1 unspecified atom stereocenters. The van der Waals surface area contributed by atoms with E-state index in [1.54, 1.807) is 17.1 Å². The van der Waals surface area contributed by atoms with Gasteiger partial charge in [-0.25, -0.2) is 0 Å². The molecule has 182 valence electrons. The van der Waals surface area contributed by atoms with Gasteiger partial charge in [0.05, 0.1) is 29.5 Å². The van der Waals surface area contributed by atoms with Crippen molar-refractivity contribution in [3.05, 3.63) is 18.0 Å². The Kier molecular flexibility index (Phi) is 5.54. The maximum absolute atomic E-state index is 12.1. The molecular weight excluding hydrogens is 410 g/mol. The van der Waals surface area contributed by atoms with Crippen molar-refractivity contribution in [1.82, 2.24) is 9.78 Å². The fourth-order valence-electron chi connectivity index (χ4n) is 9.58. The van der Waals surface area contributed by atoms with Crippen LogP contribution in [0.5, 0.6) is 0 Å². The summed E-state index contributed by atoms with van der Waals surface area (Å²) in [6.45, 7) is 9.37. The predicted molar refractivity (Wildman–Crippen MR) is 128 cm³/mol. The van der Waals surface area contributed by atoms with Gasteiger partial charge >= 0.3 is 0 Å². The summed E-state index contributed by atoms with van der Waals surface area (Å²) in [7, 11) is 0. The predicted octanol–water partition coefficient (Wildman–Crippen LogP) is 5.31. The molecule has 33 heavy (non-hydrogen) atoms. The Balaban J connectivity index is 1.54. The molecule has 5 rings (SSSR count). The molecule has 2 N–H and O–H groups in total. The van der Waals surface area contributed by atoms with Crippen LogP contribution in [0, 0.1) is 51.8 Å². The van der Waals surface area contributed by atoms with Gasteiger partial charge in [0, 0.05) is 6.20 Å². The van der Waals surface area contributed by atoms with Crippen LogP contribution in [0.15, 0.2) is 12.4 Å². The Labute approximate surface area is 199 Å². The van der Waals surface area contributed by atoms with Crippen LogP contribution in [0.2, 0.25) is 0 Å². The van der Waals surface area contributed by atoms with E-state index in [1.165, 1.54) is 38.5 Å². The summed E-state index contributed by atoms with van der Waals surface area (Å²) in [4.78, 5) is 0. The molecular formula is C28H43N3O2. The number of rotatable bonds is 4. The number of nitrogens with zero attached hydrogens (tertiary/aromatic N) is 3. The first-order valence-corrected chi connectivity index (χ1v) is 13.4. The van der Waals surface area contributed by atoms with E-state index in [-0.39, 0.29) is 5.92 Å². The van der Waals surface area contributed by atoms with Gasteiger partial charge in [-0.3, -0.25) is 4.68 Å². The standard InChI is InChI=1S/C28H43N3O2/c1-5-28-12-11-26(3,32)14-20(28)13-23(27(4,33)18-31-17-19(15-29)16-30-31)24-21-7-6-9-25(21,2)10-8-22(24)28/h16-17,20-24,32-33H,5-14,18H2,1-4H3/t20-,21+,22+,23?,24+,25+,26-,27+,28+/m1/s1. The highest BCUT2D eigenvalue weighted by Gasteiger charge is 2.64. The molecule has 5 nitrogen and oxygen atoms in total. The highest BCUT2D eigenvalue weighted by Crippen LogP contribution is 2.70. The minimum absolute atomic E-state index is 0.193. The smallest absolute Gasteiger partial charge is 0.102 e. The van der Waals surface area contributed by atoms with Gasteiger partial charge < -0.3 is 10.2 Å². The highest BCUT2D eigenvalue weighted by atomic mass is 16.3. The molecule has 4 fully saturated rings. The van der Waals surface area contributed by atoms with Gasteiger partial charge in [0.2, 0.25) is 0 Å². The van der Waals surface area contributed by atoms with Crippen LogP contribution in [-0.2, 0) is 6.54 Å². The third kappa shape index (κ3) is 3.67. The van der Waals surface area contributed by atoms with Crippen molar-refractivity contribution in [2.45, 2.75) is 110 Å². The normalized spacial score (nSPS) is 46.5. The molecule has 0 bridgehead atoms. The topological polar surface area (TPSA) is 82.1 Å². The van der Waals surface area contributed by atoms with E-state index >= 15 is 0 Å². The molecule has 9 atom stereocenters. The van der Waals surface area contributed by atoms with Crippen molar-refractivity contribution >= 4 is 0 Å². The molecule has 0 amide bonds. The van der Waals surface area contributed by atoms with E-state index in [2.05, 4.69) is 25.0 Å². The minimum atomic E-state index is -0.897. The molecule has 1 aromatic rings. The van der Waals surface area contributed by atoms with Gasteiger partial charge in [-0.15, -0.1) is 0 Å². The number of hydrogen-bond donors (Lipinski definition) is 2. The van der Waals surface area contributed by atoms with Gasteiger partial charge in [-0.2, -0.15) is 10.4 Å². The van der Waals surface area contributed by atoms with E-state index in [9.17, 15) is 15.5 Å². The number of fused-ring (bicyclic) bond motifs is 5. The van der Waals surface area contributed by atoms with Crippen LogP contribution in [0.4, 0.5) is 0 Å². The Morgan fingerprint density at radius 3 is 2.70 bits per heavy atom. The summed E-state index contributed by atoms with van der Waals surface area (Å²) in [5.41, 5.74) is -0.222. The second kappa shape index (κ2) is 7.82. The van der Waals surface area contributed by atoms with Crippen molar-refractivity contribution < 1.29 is 10.2 Å². The lowest BCUT2D eigenvalue weighted by Gasteiger charge is -2.66. The quantitative estimate of drug-likeness (QED) is 0.648.